The van der Waals surface area contributed by atoms with Gasteiger partial charge in [-0.25, -0.2) is 9.41 Å². The zero-order valence-electron chi connectivity index (χ0n) is 27.0. The average Bonchev–Trinajstić information content (AvgIpc) is 3.58. The molecule has 0 spiro atoms. The summed E-state index contributed by atoms with van der Waals surface area (Å²) in [6.45, 7) is 26.4. The van der Waals surface area contributed by atoms with E-state index < -0.39 is 9.85 Å². The Kier molecular flexibility index (Phi) is 13.2. The van der Waals surface area contributed by atoms with Crippen LogP contribution < -0.4 is 0 Å². The second kappa shape index (κ2) is 15.3. The SMILES string of the molecule is CC#Cc1cc(C(C)(C)C)sc1[N+](=O)[O-].Cn1c([N+](=O)[O-])nc(Br)c1C(C)(C)C.[C-]#[N+]c1cc(C#CC(C)(C)C)sc1[N+](=O)[O-]. The monoisotopic (exact) mass is 718 g/mol. The second-order valence-electron chi connectivity index (χ2n) is 12.5. The molecular formula is C30H35BrN6O6S2. The number of nitro groups is 3. The van der Waals surface area contributed by atoms with Crippen LogP contribution >= 0.6 is 38.6 Å². The molecule has 0 radical (unpaired) electrons. The summed E-state index contributed by atoms with van der Waals surface area (Å²) in [7, 11) is 1.65. The highest BCUT2D eigenvalue weighted by molar-refractivity contribution is 9.10. The van der Waals surface area contributed by atoms with E-state index in [9.17, 15) is 30.3 Å². The summed E-state index contributed by atoms with van der Waals surface area (Å²) in [5, 5.41) is 32.0. The third-order valence-electron chi connectivity index (χ3n) is 5.32. The number of halogens is 1. The van der Waals surface area contributed by atoms with Crippen molar-refractivity contribution in [3.8, 4) is 23.7 Å². The Morgan fingerprint density at radius 1 is 0.889 bits per heavy atom. The molecule has 0 bridgehead atoms. The maximum Gasteiger partial charge on any atom is 0.435 e. The first kappa shape index (κ1) is 38.9. The van der Waals surface area contributed by atoms with Crippen LogP contribution in [0.25, 0.3) is 4.85 Å². The van der Waals surface area contributed by atoms with Gasteiger partial charge in [0.15, 0.2) is 0 Å². The topological polar surface area (TPSA) is 152 Å². The number of aromatic nitrogens is 2. The summed E-state index contributed by atoms with van der Waals surface area (Å²) >= 11 is 5.40. The first-order chi connectivity index (χ1) is 20.4. The van der Waals surface area contributed by atoms with Gasteiger partial charge in [0.1, 0.15) is 11.3 Å². The molecule has 0 atom stereocenters. The molecule has 0 saturated heterocycles. The fourth-order valence-corrected chi connectivity index (χ4v) is 6.20. The van der Waals surface area contributed by atoms with E-state index in [2.05, 4.69) is 49.4 Å². The van der Waals surface area contributed by atoms with Crippen LogP contribution in [0.3, 0.4) is 0 Å². The first-order valence-electron chi connectivity index (χ1n) is 13.2. The first-order valence-corrected chi connectivity index (χ1v) is 15.6. The van der Waals surface area contributed by atoms with Crippen LogP contribution in [0, 0.1) is 66.0 Å². The minimum absolute atomic E-state index is 0.0632. The molecule has 0 aliphatic rings. The van der Waals surface area contributed by atoms with Crippen LogP contribution in [0.4, 0.5) is 21.6 Å². The van der Waals surface area contributed by atoms with Crippen LogP contribution in [-0.4, -0.2) is 24.3 Å². The Morgan fingerprint density at radius 3 is 1.78 bits per heavy atom. The maximum atomic E-state index is 10.8. The predicted octanol–water partition coefficient (Wildman–Crippen LogP) is 9.32. The number of hydrogen-bond acceptors (Lipinski definition) is 9. The van der Waals surface area contributed by atoms with Gasteiger partial charge >= 0.3 is 16.0 Å². The van der Waals surface area contributed by atoms with Gasteiger partial charge in [-0.1, -0.05) is 87.0 Å². The van der Waals surface area contributed by atoms with Gasteiger partial charge in [0.2, 0.25) is 4.60 Å². The largest absolute Gasteiger partial charge is 0.435 e. The lowest BCUT2D eigenvalue weighted by Gasteiger charge is -2.15. The highest BCUT2D eigenvalue weighted by Crippen LogP contribution is 2.38. The van der Waals surface area contributed by atoms with Crippen LogP contribution in [-0.2, 0) is 17.9 Å². The number of thiophene rings is 2. The van der Waals surface area contributed by atoms with Crippen molar-refractivity contribution >= 4 is 60.2 Å². The van der Waals surface area contributed by atoms with Crippen LogP contribution in [0.1, 0.15) is 90.2 Å². The molecule has 0 fully saturated rings. The summed E-state index contributed by atoms with van der Waals surface area (Å²) in [6.07, 6.45) is 0. The van der Waals surface area contributed by atoms with Gasteiger partial charge in [-0.15, -0.1) is 5.92 Å². The zero-order valence-corrected chi connectivity index (χ0v) is 30.2. The van der Waals surface area contributed by atoms with Gasteiger partial charge in [-0.05, 0) is 66.1 Å². The van der Waals surface area contributed by atoms with Crippen LogP contribution in [0.5, 0.6) is 0 Å². The summed E-state index contributed by atoms with van der Waals surface area (Å²) in [5.41, 5.74) is 1.02. The van der Waals surface area contributed by atoms with E-state index in [1.54, 1.807) is 14.0 Å². The predicted molar refractivity (Wildman–Crippen MR) is 182 cm³/mol. The molecule has 0 aromatic carbocycles. The minimum Gasteiger partial charge on any atom is -0.390 e. The summed E-state index contributed by atoms with van der Waals surface area (Å²) in [4.78, 5) is 39.2. The number of hydrogen-bond donors (Lipinski definition) is 0. The molecule has 12 nitrogen and oxygen atoms in total. The molecule has 45 heavy (non-hydrogen) atoms. The molecule has 0 N–H and O–H groups in total. The standard InChI is InChI=1S/C11H10N2O2S.C11H13NO2S.C8H12BrN3O2/c1-11(2,3)6-5-8-7-9(12-4)10(16-8)13(14)15;1-5-6-8-7-9(11(2,3)4)15-10(8)12(13)14;1-8(2,3)5-6(9)10-7(11(5)4)12(13)14/h7H,1-3H3;7H,1-4H3;1-4H3. The van der Waals surface area contributed by atoms with Crippen molar-refractivity contribution in [2.24, 2.45) is 12.5 Å². The van der Waals surface area contributed by atoms with Gasteiger partial charge in [0.25, 0.3) is 5.69 Å². The normalized spacial score (nSPS) is 10.8. The maximum absolute atomic E-state index is 10.8. The van der Waals surface area contributed by atoms with Crippen molar-refractivity contribution in [1.29, 1.82) is 0 Å². The quantitative estimate of drug-likeness (QED) is 0.113. The van der Waals surface area contributed by atoms with E-state index in [0.29, 0.717) is 15.0 Å². The molecule has 3 aromatic rings. The van der Waals surface area contributed by atoms with Crippen molar-refractivity contribution in [2.45, 2.75) is 80.1 Å². The van der Waals surface area contributed by atoms with Crippen molar-refractivity contribution in [3.05, 3.63) is 79.5 Å². The Balaban J connectivity index is 0.000000338. The molecule has 15 heteroatoms. The van der Waals surface area contributed by atoms with Gasteiger partial charge in [-0.3, -0.25) is 20.2 Å². The summed E-state index contributed by atoms with van der Waals surface area (Å²) in [6, 6.07) is 3.29. The van der Waals surface area contributed by atoms with Gasteiger partial charge in [-0.2, -0.15) is 0 Å². The fraction of sp³-hybridized carbons (Fsp3) is 0.467. The number of rotatable bonds is 3. The molecule has 240 valence electrons. The van der Waals surface area contributed by atoms with E-state index in [1.165, 1.54) is 22.0 Å². The average molecular weight is 720 g/mol. The van der Waals surface area contributed by atoms with E-state index in [1.807, 2.05) is 68.4 Å². The molecule has 3 rings (SSSR count). The highest BCUT2D eigenvalue weighted by atomic mass is 79.9. The van der Waals surface area contributed by atoms with Gasteiger partial charge in [0.05, 0.1) is 28.3 Å². The fourth-order valence-electron chi connectivity index (χ4n) is 3.43. The molecular weight excluding hydrogens is 684 g/mol. The van der Waals surface area contributed by atoms with Crippen LogP contribution in [0.15, 0.2) is 16.7 Å². The molecule has 0 aliphatic heterocycles. The molecule has 0 saturated carbocycles. The van der Waals surface area contributed by atoms with Crippen molar-refractivity contribution in [2.75, 3.05) is 0 Å². The van der Waals surface area contributed by atoms with E-state index in [-0.39, 0.29) is 42.8 Å². The summed E-state index contributed by atoms with van der Waals surface area (Å²) < 4.78 is 2.04. The van der Waals surface area contributed by atoms with E-state index in [4.69, 9.17) is 6.57 Å². The van der Waals surface area contributed by atoms with E-state index in [0.717, 1.165) is 21.9 Å². The van der Waals surface area contributed by atoms with Gasteiger partial charge < -0.3 is 10.1 Å². The molecule has 0 amide bonds. The molecule has 3 aromatic heterocycles. The minimum atomic E-state index is -0.541. The lowest BCUT2D eigenvalue weighted by molar-refractivity contribution is -0.396. The molecule has 0 unspecified atom stereocenters. The molecule has 0 aliphatic carbocycles. The zero-order chi connectivity index (χ0) is 35.1. The van der Waals surface area contributed by atoms with Crippen LogP contribution in [0.2, 0.25) is 0 Å². The van der Waals surface area contributed by atoms with Crippen molar-refractivity contribution < 1.29 is 14.8 Å². The van der Waals surface area contributed by atoms with Gasteiger partial charge in [0, 0.05) is 15.7 Å². The van der Waals surface area contributed by atoms with Crippen molar-refractivity contribution in [1.82, 2.24) is 9.55 Å². The smallest absolute Gasteiger partial charge is 0.390 e. The lowest BCUT2D eigenvalue weighted by Crippen LogP contribution is -2.17. The van der Waals surface area contributed by atoms with Crippen molar-refractivity contribution in [3.63, 3.8) is 0 Å². The number of imidazole rings is 1. The lowest BCUT2D eigenvalue weighted by atomic mass is 9.93. The Morgan fingerprint density at radius 2 is 1.44 bits per heavy atom. The highest BCUT2D eigenvalue weighted by Gasteiger charge is 2.31. The second-order valence-corrected chi connectivity index (χ2v) is 15.3. The Hall–Kier alpha value is -4.10. The third-order valence-corrected chi connectivity index (χ3v) is 8.38. The summed E-state index contributed by atoms with van der Waals surface area (Å²) in [5.74, 6) is 11.2. The van der Waals surface area contributed by atoms with E-state index >= 15 is 0 Å². The Labute approximate surface area is 279 Å². The molecule has 3 heterocycles. The third kappa shape index (κ3) is 11.4. The Bertz CT molecular complexity index is 1750. The number of nitrogens with zero attached hydrogens (tertiary/aromatic N) is 6.